The van der Waals surface area contributed by atoms with Crippen LogP contribution in [0.25, 0.3) is 32.4 Å². The Bertz CT molecular complexity index is 2790. The number of nitrogens with one attached hydrogen (secondary N) is 4. The summed E-state index contributed by atoms with van der Waals surface area (Å²) < 4.78 is 40.5. The third-order valence-electron chi connectivity index (χ3n) is 10.2. The van der Waals surface area contributed by atoms with Crippen molar-refractivity contribution in [2.45, 2.75) is 26.9 Å². The fourth-order valence-corrected chi connectivity index (χ4v) is 8.32. The molecule has 2 aliphatic heterocycles. The maximum absolute atomic E-state index is 15.1. The molecule has 64 heavy (non-hydrogen) atoms. The number of fused-ring (bicyclic) bond motifs is 2. The lowest BCUT2D eigenvalue weighted by atomic mass is 10.1. The number of nitrogens with zero attached hydrogens (tertiary/aromatic N) is 7. The van der Waals surface area contributed by atoms with Crippen LogP contribution < -0.4 is 21.3 Å². The number of hydrogen-bond donors (Lipinski definition) is 4. The number of thiazole rings is 1. The van der Waals surface area contributed by atoms with Crippen LogP contribution in [0.15, 0.2) is 89.1 Å². The summed E-state index contributed by atoms with van der Waals surface area (Å²) in [7, 11) is 0. The predicted molar refractivity (Wildman–Crippen MR) is 248 cm³/mol. The van der Waals surface area contributed by atoms with Gasteiger partial charge in [0.1, 0.15) is 16.6 Å². The van der Waals surface area contributed by atoms with Crippen LogP contribution in [0.5, 0.6) is 0 Å². The van der Waals surface area contributed by atoms with Gasteiger partial charge in [-0.15, -0.1) is 11.3 Å². The normalized spacial score (nSPS) is 14.5. The van der Waals surface area contributed by atoms with Gasteiger partial charge in [0.15, 0.2) is 0 Å². The molecule has 0 bridgehead atoms. The van der Waals surface area contributed by atoms with Crippen molar-refractivity contribution in [1.82, 2.24) is 34.7 Å². The molecule has 4 aromatic carbocycles. The predicted octanol–water partition coefficient (Wildman–Crippen LogP) is 8.49. The van der Waals surface area contributed by atoms with Crippen LogP contribution in [0.1, 0.15) is 25.0 Å². The van der Waals surface area contributed by atoms with Gasteiger partial charge in [-0.05, 0) is 87.7 Å². The summed E-state index contributed by atoms with van der Waals surface area (Å²) in [5.41, 5.74) is 6.34. The third kappa shape index (κ3) is 11.5. The number of hydrogen-bond acceptors (Lipinski definition) is 14. The highest BCUT2D eigenvalue weighted by Crippen LogP contribution is 2.31. The summed E-state index contributed by atoms with van der Waals surface area (Å²) in [6.45, 7) is 10.7. The highest BCUT2D eigenvalue weighted by Gasteiger charge is 2.17. The number of benzene rings is 4. The molecule has 7 aromatic rings. The minimum Gasteiger partial charge on any atom is -0.379 e. The number of carbonyl (C=O) groups is 2. The molecule has 2 aliphatic rings. The van der Waals surface area contributed by atoms with E-state index >= 15 is 4.39 Å². The average Bonchev–Trinajstić information content (AvgIpc) is 3.81. The number of halogens is 3. The van der Waals surface area contributed by atoms with Crippen LogP contribution in [0.2, 0.25) is 0 Å². The second-order valence-corrected chi connectivity index (χ2v) is 16.9. The first-order valence-corrected chi connectivity index (χ1v) is 22.1. The van der Waals surface area contributed by atoms with Crippen molar-refractivity contribution in [2.24, 2.45) is 0 Å². The number of aromatic nitrogens is 5. The first kappa shape index (κ1) is 44.5. The summed E-state index contributed by atoms with van der Waals surface area (Å²) >= 11 is 4.55. The molecule has 4 N–H and O–H groups in total. The first-order valence-electron chi connectivity index (χ1n) is 20.5. The van der Waals surface area contributed by atoms with Gasteiger partial charge in [-0.2, -0.15) is 0 Å². The van der Waals surface area contributed by atoms with Crippen LogP contribution in [-0.4, -0.2) is 99.1 Å². The molecule has 0 unspecified atom stereocenters. The second kappa shape index (κ2) is 20.6. The lowest BCUT2D eigenvalue weighted by Gasteiger charge is -2.27. The molecule has 2 amide bonds. The molecule has 0 radical (unpaired) electrons. The summed E-state index contributed by atoms with van der Waals surface area (Å²) in [6, 6.07) is 18.3. The van der Waals surface area contributed by atoms with E-state index < -0.39 is 0 Å². The van der Waals surface area contributed by atoms with Gasteiger partial charge in [0, 0.05) is 105 Å². The largest absolute Gasteiger partial charge is 0.379 e. The van der Waals surface area contributed by atoms with Gasteiger partial charge in [-0.1, -0.05) is 0 Å². The minimum absolute atomic E-state index is 0.146. The quantitative estimate of drug-likeness (QED) is 0.0974. The molecular formula is C45H44BrF2N11O4S. The van der Waals surface area contributed by atoms with Crippen molar-refractivity contribution in [3.05, 3.63) is 112 Å². The van der Waals surface area contributed by atoms with Crippen molar-refractivity contribution < 1.29 is 27.8 Å². The third-order valence-corrected chi connectivity index (χ3v) is 11.6. The lowest BCUT2D eigenvalue weighted by Crippen LogP contribution is -2.35. The van der Waals surface area contributed by atoms with E-state index in [-0.39, 0.29) is 23.4 Å². The van der Waals surface area contributed by atoms with Crippen molar-refractivity contribution in [3.8, 4) is 10.6 Å². The second-order valence-electron chi connectivity index (χ2n) is 15.1. The molecule has 19 heteroatoms. The zero-order valence-electron chi connectivity index (χ0n) is 35.0. The van der Waals surface area contributed by atoms with Gasteiger partial charge in [0.2, 0.25) is 23.7 Å². The molecule has 0 spiro atoms. The molecule has 2 saturated heterocycles. The van der Waals surface area contributed by atoms with Crippen LogP contribution in [0, 0.1) is 11.6 Å². The fourth-order valence-electron chi connectivity index (χ4n) is 7.31. The molecule has 15 nitrogen and oxygen atoms in total. The Balaban J connectivity index is 0.000000176. The van der Waals surface area contributed by atoms with Crippen molar-refractivity contribution >= 4 is 95.5 Å². The zero-order chi connectivity index (χ0) is 44.6. The number of carbonyl (C=O) groups excluding carboxylic acids is 2. The number of ether oxygens (including phenoxy) is 2. The molecule has 2 fully saturated rings. The Kier molecular flexibility index (Phi) is 14.3. The fraction of sp³-hybridized carbons (Fsp3) is 0.267. The summed E-state index contributed by atoms with van der Waals surface area (Å²) in [5, 5.41) is 15.2. The van der Waals surface area contributed by atoms with Gasteiger partial charge in [-0.3, -0.25) is 19.4 Å². The molecule has 330 valence electrons. The first-order chi connectivity index (χ1) is 31.0. The van der Waals surface area contributed by atoms with E-state index in [1.165, 1.54) is 37.6 Å². The van der Waals surface area contributed by atoms with E-state index in [1.807, 2.05) is 41.8 Å². The Morgan fingerprint density at radius 2 is 1.16 bits per heavy atom. The SMILES string of the molecule is CC(=O)Nc1cc(CN2CCOCC2)cc(Nc2ncc3c(F)c(-c4nccs4)ccc3n2)c1.CC(=O)Nc1cc(CN2CCOCC2)cc(Nc2ncc3c(F)c(Br)ccc3n2)c1. The van der Waals surface area contributed by atoms with Gasteiger partial charge in [-0.25, -0.2) is 33.7 Å². The smallest absolute Gasteiger partial charge is 0.227 e. The van der Waals surface area contributed by atoms with E-state index in [0.717, 1.165) is 61.8 Å². The van der Waals surface area contributed by atoms with Crippen molar-refractivity contribution in [2.75, 3.05) is 73.9 Å². The van der Waals surface area contributed by atoms with Crippen LogP contribution in [0.3, 0.4) is 0 Å². The average molecular weight is 953 g/mol. The number of morpholine rings is 2. The minimum atomic E-state index is -0.389. The number of amides is 2. The summed E-state index contributed by atoms with van der Waals surface area (Å²) in [6.07, 6.45) is 4.58. The highest BCUT2D eigenvalue weighted by atomic mass is 79.9. The van der Waals surface area contributed by atoms with E-state index in [1.54, 1.807) is 30.5 Å². The van der Waals surface area contributed by atoms with Gasteiger partial charge < -0.3 is 30.7 Å². The molecule has 3 aromatic heterocycles. The van der Waals surface area contributed by atoms with E-state index in [0.29, 0.717) is 86.5 Å². The lowest BCUT2D eigenvalue weighted by molar-refractivity contribution is -0.115. The number of anilines is 6. The van der Waals surface area contributed by atoms with Crippen LogP contribution in [0.4, 0.5) is 43.4 Å². The highest BCUT2D eigenvalue weighted by molar-refractivity contribution is 9.10. The Morgan fingerprint density at radius 3 is 1.64 bits per heavy atom. The molecule has 5 heterocycles. The van der Waals surface area contributed by atoms with Crippen molar-refractivity contribution in [3.63, 3.8) is 0 Å². The Hall–Kier alpha value is -6.09. The van der Waals surface area contributed by atoms with E-state index in [4.69, 9.17) is 9.47 Å². The van der Waals surface area contributed by atoms with E-state index in [2.05, 4.69) is 71.9 Å². The number of rotatable bonds is 11. The summed E-state index contributed by atoms with van der Waals surface area (Å²) in [5.74, 6) is -0.387. The van der Waals surface area contributed by atoms with Gasteiger partial charge in [0.25, 0.3) is 0 Å². The Morgan fingerprint density at radius 1 is 0.672 bits per heavy atom. The van der Waals surface area contributed by atoms with Gasteiger partial charge >= 0.3 is 0 Å². The zero-order valence-corrected chi connectivity index (χ0v) is 37.4. The van der Waals surface area contributed by atoms with Crippen molar-refractivity contribution in [1.29, 1.82) is 0 Å². The standard InChI is InChI=1S/C24H23FN6O2S.C21H21BrFN5O2/c1-15(32)28-17-10-16(14-31-5-7-33-8-6-31)11-18(12-17)29-24-27-13-20-21(30-24)3-2-19(22(20)25)23-26-4-9-34-23;1-13(29)25-15-8-14(12-28-4-6-30-7-5-28)9-16(10-15)26-21-24-11-17-19(27-21)3-2-18(22)20(17)23/h2-4,9-13H,5-8,14H2,1H3,(H,28,32)(H,27,29,30);2-3,8-11H,4-7,12H2,1H3,(H,25,29)(H,24,26,27). The van der Waals surface area contributed by atoms with E-state index in [9.17, 15) is 14.0 Å². The van der Waals surface area contributed by atoms with Crippen LogP contribution >= 0.6 is 27.3 Å². The maximum atomic E-state index is 15.1. The Labute approximate surface area is 379 Å². The van der Waals surface area contributed by atoms with Crippen LogP contribution in [-0.2, 0) is 32.2 Å². The summed E-state index contributed by atoms with van der Waals surface area (Å²) in [4.78, 5) is 49.5. The molecular weight excluding hydrogens is 909 g/mol. The molecule has 0 aliphatic carbocycles. The molecule has 9 rings (SSSR count). The molecule has 0 saturated carbocycles. The van der Waals surface area contributed by atoms with Gasteiger partial charge in [0.05, 0.1) is 52.7 Å². The molecule has 0 atom stereocenters. The topological polar surface area (TPSA) is 172 Å². The monoisotopic (exact) mass is 951 g/mol. The maximum Gasteiger partial charge on any atom is 0.227 e.